The Morgan fingerprint density at radius 1 is 1.42 bits per heavy atom. The maximum Gasteiger partial charge on any atom is 0.0484 e. The van der Waals surface area contributed by atoms with Crippen LogP contribution in [0.4, 0.5) is 0 Å². The molecule has 1 unspecified atom stereocenters. The smallest absolute Gasteiger partial charge is 0.0484 e. The van der Waals surface area contributed by atoms with Crippen LogP contribution >= 0.6 is 0 Å². The molecule has 2 heterocycles. The summed E-state index contributed by atoms with van der Waals surface area (Å²) in [5.74, 6) is 0. The molecular weight excluding hydrogens is 152 g/mol. The van der Waals surface area contributed by atoms with E-state index in [0.717, 1.165) is 39.0 Å². The van der Waals surface area contributed by atoms with Crippen molar-refractivity contribution in [2.45, 2.75) is 30.8 Å². The Hall–Kier alpha value is -0.120. The van der Waals surface area contributed by atoms with Crippen molar-refractivity contribution in [3.8, 4) is 0 Å². The third-order valence-electron chi connectivity index (χ3n) is 3.58. The molecule has 1 spiro atoms. The highest BCUT2D eigenvalue weighted by molar-refractivity contribution is 5.04. The van der Waals surface area contributed by atoms with Crippen LogP contribution in [0.1, 0.15) is 19.3 Å². The third-order valence-corrected chi connectivity index (χ3v) is 3.58. The number of likely N-dealkylation sites (N-methyl/N-ethyl adjacent to an activating group) is 1. The Kier molecular flexibility index (Phi) is 2.10. The summed E-state index contributed by atoms with van der Waals surface area (Å²) in [7, 11) is 2.19. The largest absolute Gasteiger partial charge is 0.381 e. The lowest BCUT2D eigenvalue weighted by Crippen LogP contribution is -2.55. The molecule has 2 N–H and O–H groups in total. The topological polar surface area (TPSA) is 38.5 Å². The van der Waals surface area contributed by atoms with E-state index in [9.17, 15) is 0 Å². The lowest BCUT2D eigenvalue weighted by molar-refractivity contribution is -0.00465. The molecule has 0 aromatic carbocycles. The highest BCUT2D eigenvalue weighted by Crippen LogP contribution is 2.35. The second-order valence-corrected chi connectivity index (χ2v) is 4.03. The van der Waals surface area contributed by atoms with Gasteiger partial charge in [-0.25, -0.2) is 0 Å². The summed E-state index contributed by atoms with van der Waals surface area (Å²) >= 11 is 0. The molecule has 70 valence electrons. The molecular formula is C9H18N2O. The molecule has 0 aromatic heterocycles. The van der Waals surface area contributed by atoms with Crippen molar-refractivity contribution in [1.29, 1.82) is 0 Å². The zero-order valence-electron chi connectivity index (χ0n) is 7.75. The summed E-state index contributed by atoms with van der Waals surface area (Å²) in [5, 5.41) is 0. The van der Waals surface area contributed by atoms with Crippen molar-refractivity contribution >= 4 is 0 Å². The van der Waals surface area contributed by atoms with Gasteiger partial charge in [-0.2, -0.15) is 0 Å². The van der Waals surface area contributed by atoms with Crippen molar-refractivity contribution in [3.05, 3.63) is 0 Å². The van der Waals surface area contributed by atoms with Crippen LogP contribution in [0.3, 0.4) is 0 Å². The Bertz CT molecular complexity index is 154. The van der Waals surface area contributed by atoms with E-state index >= 15 is 0 Å². The zero-order chi connectivity index (χ0) is 8.60. The van der Waals surface area contributed by atoms with Crippen LogP contribution in [-0.4, -0.2) is 43.3 Å². The van der Waals surface area contributed by atoms with E-state index in [2.05, 4.69) is 11.9 Å². The summed E-state index contributed by atoms with van der Waals surface area (Å²) in [6.45, 7) is 2.93. The Balaban J connectivity index is 2.14. The fraction of sp³-hybridized carbons (Fsp3) is 1.00. The minimum Gasteiger partial charge on any atom is -0.381 e. The molecule has 2 rings (SSSR count). The second kappa shape index (κ2) is 2.98. The molecule has 0 bridgehead atoms. The van der Waals surface area contributed by atoms with Gasteiger partial charge in [-0.15, -0.1) is 0 Å². The molecule has 2 fully saturated rings. The predicted octanol–water partition coefficient (Wildman–Crippen LogP) is 0.198. The molecule has 0 saturated carbocycles. The van der Waals surface area contributed by atoms with E-state index in [-0.39, 0.29) is 5.54 Å². The zero-order valence-corrected chi connectivity index (χ0v) is 7.75. The van der Waals surface area contributed by atoms with Gasteiger partial charge in [0.05, 0.1) is 0 Å². The highest BCUT2D eigenvalue weighted by atomic mass is 16.5. The Morgan fingerprint density at radius 3 is 2.58 bits per heavy atom. The summed E-state index contributed by atoms with van der Waals surface area (Å²) in [6, 6.07) is 0.367. The molecule has 2 aliphatic rings. The molecule has 2 saturated heterocycles. The average molecular weight is 170 g/mol. The SMILES string of the molecule is CN1CCC(N)C12CCOCC2. The Morgan fingerprint density at radius 2 is 2.08 bits per heavy atom. The summed E-state index contributed by atoms with van der Waals surface area (Å²) in [6.07, 6.45) is 3.38. The number of likely N-dealkylation sites (tertiary alicyclic amines) is 1. The van der Waals surface area contributed by atoms with Crippen LogP contribution < -0.4 is 5.73 Å². The molecule has 0 aromatic rings. The van der Waals surface area contributed by atoms with Crippen LogP contribution in [0.5, 0.6) is 0 Å². The highest BCUT2D eigenvalue weighted by Gasteiger charge is 2.45. The quantitative estimate of drug-likeness (QED) is 0.564. The number of nitrogens with two attached hydrogens (primary N) is 1. The average Bonchev–Trinajstić information content (AvgIpc) is 2.36. The van der Waals surface area contributed by atoms with Gasteiger partial charge in [0.25, 0.3) is 0 Å². The minimum absolute atomic E-state index is 0.276. The van der Waals surface area contributed by atoms with E-state index in [4.69, 9.17) is 10.5 Å². The third kappa shape index (κ3) is 1.08. The predicted molar refractivity (Wildman–Crippen MR) is 48.0 cm³/mol. The number of rotatable bonds is 0. The molecule has 1 atom stereocenters. The van der Waals surface area contributed by atoms with Crippen LogP contribution in [0, 0.1) is 0 Å². The first kappa shape index (κ1) is 8.48. The summed E-state index contributed by atoms with van der Waals surface area (Å²) in [4.78, 5) is 2.43. The first-order valence-corrected chi connectivity index (χ1v) is 4.80. The molecule has 12 heavy (non-hydrogen) atoms. The van der Waals surface area contributed by atoms with Crippen molar-refractivity contribution < 1.29 is 4.74 Å². The van der Waals surface area contributed by atoms with Gasteiger partial charge in [0.1, 0.15) is 0 Å². The van der Waals surface area contributed by atoms with E-state index in [1.165, 1.54) is 0 Å². The molecule has 3 heteroatoms. The summed E-state index contributed by atoms with van der Waals surface area (Å²) < 4.78 is 5.37. The van der Waals surface area contributed by atoms with Crippen molar-refractivity contribution in [3.63, 3.8) is 0 Å². The van der Waals surface area contributed by atoms with Gasteiger partial charge in [0.2, 0.25) is 0 Å². The van der Waals surface area contributed by atoms with Gasteiger partial charge in [0, 0.05) is 24.8 Å². The lowest BCUT2D eigenvalue weighted by Gasteiger charge is -2.42. The second-order valence-electron chi connectivity index (χ2n) is 4.03. The molecule has 2 aliphatic heterocycles. The first-order chi connectivity index (χ1) is 5.76. The molecule has 0 aliphatic carbocycles. The van der Waals surface area contributed by atoms with Crippen LogP contribution in [0.25, 0.3) is 0 Å². The monoisotopic (exact) mass is 170 g/mol. The van der Waals surface area contributed by atoms with E-state index in [1.807, 2.05) is 0 Å². The fourth-order valence-corrected chi connectivity index (χ4v) is 2.58. The van der Waals surface area contributed by atoms with Gasteiger partial charge in [0.15, 0.2) is 0 Å². The van der Waals surface area contributed by atoms with Crippen LogP contribution in [-0.2, 0) is 4.74 Å². The normalized spacial score (nSPS) is 36.0. The number of nitrogens with zero attached hydrogens (tertiary/aromatic N) is 1. The summed E-state index contributed by atoms with van der Waals surface area (Å²) in [5.41, 5.74) is 6.41. The van der Waals surface area contributed by atoms with Crippen molar-refractivity contribution in [1.82, 2.24) is 4.90 Å². The van der Waals surface area contributed by atoms with Gasteiger partial charge in [-0.05, 0) is 32.9 Å². The minimum atomic E-state index is 0.276. The number of hydrogen-bond acceptors (Lipinski definition) is 3. The van der Waals surface area contributed by atoms with Gasteiger partial charge < -0.3 is 10.5 Å². The number of ether oxygens (including phenoxy) is 1. The molecule has 3 nitrogen and oxygen atoms in total. The van der Waals surface area contributed by atoms with Gasteiger partial charge >= 0.3 is 0 Å². The molecule has 0 amide bonds. The first-order valence-electron chi connectivity index (χ1n) is 4.80. The maximum absolute atomic E-state index is 6.14. The van der Waals surface area contributed by atoms with Crippen molar-refractivity contribution in [2.24, 2.45) is 5.73 Å². The lowest BCUT2D eigenvalue weighted by atomic mass is 9.84. The van der Waals surface area contributed by atoms with Crippen LogP contribution in [0.2, 0.25) is 0 Å². The van der Waals surface area contributed by atoms with Gasteiger partial charge in [-0.3, -0.25) is 4.90 Å². The van der Waals surface area contributed by atoms with E-state index < -0.39 is 0 Å². The van der Waals surface area contributed by atoms with E-state index in [0.29, 0.717) is 6.04 Å². The Labute approximate surface area is 73.9 Å². The van der Waals surface area contributed by atoms with Gasteiger partial charge in [-0.1, -0.05) is 0 Å². The molecule has 0 radical (unpaired) electrons. The number of hydrogen-bond donors (Lipinski definition) is 1. The van der Waals surface area contributed by atoms with E-state index in [1.54, 1.807) is 0 Å². The fourth-order valence-electron chi connectivity index (χ4n) is 2.58. The van der Waals surface area contributed by atoms with Crippen LogP contribution in [0.15, 0.2) is 0 Å². The van der Waals surface area contributed by atoms with Crippen molar-refractivity contribution in [2.75, 3.05) is 26.8 Å². The standard InChI is InChI=1S/C9H18N2O/c1-11-5-2-8(10)9(11)3-6-12-7-4-9/h8H,2-7,10H2,1H3. The maximum atomic E-state index is 6.14.